The highest BCUT2D eigenvalue weighted by Crippen LogP contribution is 2.28. The number of hydrogen-bond acceptors (Lipinski definition) is 6. The van der Waals surface area contributed by atoms with Crippen LogP contribution in [-0.4, -0.2) is 45.1 Å². The number of nitrogens with zero attached hydrogens (tertiary/aromatic N) is 4. The topological polar surface area (TPSA) is 81.4 Å². The fourth-order valence-electron chi connectivity index (χ4n) is 2.84. The van der Waals surface area contributed by atoms with Gasteiger partial charge in [0.15, 0.2) is 6.10 Å². The third kappa shape index (κ3) is 3.28. The average Bonchev–Trinajstić information content (AvgIpc) is 3.11. The molecule has 1 saturated heterocycles. The Kier molecular flexibility index (Phi) is 4.35. The van der Waals surface area contributed by atoms with Crippen LogP contribution in [0, 0.1) is 0 Å². The van der Waals surface area contributed by atoms with Crippen molar-refractivity contribution in [3.8, 4) is 17.1 Å². The molecule has 26 heavy (non-hydrogen) atoms. The van der Waals surface area contributed by atoms with E-state index in [4.69, 9.17) is 9.26 Å². The van der Waals surface area contributed by atoms with Gasteiger partial charge >= 0.3 is 0 Å². The van der Waals surface area contributed by atoms with Crippen LogP contribution in [0.5, 0.6) is 5.75 Å². The quantitative estimate of drug-likeness (QED) is 0.703. The summed E-state index contributed by atoms with van der Waals surface area (Å²) in [4.78, 5) is 22.6. The summed E-state index contributed by atoms with van der Waals surface area (Å²) in [6.07, 6.45) is 2.83. The molecule has 4 rings (SSSR count). The summed E-state index contributed by atoms with van der Waals surface area (Å²) in [6, 6.07) is 13.0. The number of carbonyl (C=O) groups excluding carboxylic acids is 1. The zero-order valence-corrected chi connectivity index (χ0v) is 14.3. The molecule has 1 amide bonds. The van der Waals surface area contributed by atoms with Crippen molar-refractivity contribution in [3.05, 3.63) is 60.7 Å². The Morgan fingerprint density at radius 3 is 2.65 bits per heavy atom. The van der Waals surface area contributed by atoms with Gasteiger partial charge in [0, 0.05) is 31.0 Å². The molecule has 3 heterocycles. The van der Waals surface area contributed by atoms with E-state index in [1.54, 1.807) is 24.2 Å². The molecule has 0 aliphatic carbocycles. The second kappa shape index (κ2) is 6.95. The van der Waals surface area contributed by atoms with Crippen LogP contribution in [0.1, 0.15) is 18.7 Å². The molecule has 1 atom stereocenters. The Balaban J connectivity index is 1.34. The summed E-state index contributed by atoms with van der Waals surface area (Å²) < 4.78 is 11.0. The zero-order valence-electron chi connectivity index (χ0n) is 14.3. The summed E-state index contributed by atoms with van der Waals surface area (Å²) in [5, 5.41) is 4.01. The predicted octanol–water partition coefficient (Wildman–Crippen LogP) is 2.52. The maximum absolute atomic E-state index is 12.5. The first kappa shape index (κ1) is 16.3. The van der Waals surface area contributed by atoms with Gasteiger partial charge in [0.2, 0.25) is 11.7 Å². The smallest absolute Gasteiger partial charge is 0.263 e. The van der Waals surface area contributed by atoms with Crippen LogP contribution in [0.4, 0.5) is 0 Å². The van der Waals surface area contributed by atoms with E-state index in [0.29, 0.717) is 30.6 Å². The number of likely N-dealkylation sites (tertiary alicyclic amines) is 1. The van der Waals surface area contributed by atoms with Crippen LogP contribution in [-0.2, 0) is 4.79 Å². The maximum atomic E-state index is 12.5. The van der Waals surface area contributed by atoms with E-state index < -0.39 is 6.10 Å². The Labute approximate surface area is 150 Å². The number of aromatic nitrogens is 3. The van der Waals surface area contributed by atoms with Crippen LogP contribution >= 0.6 is 0 Å². The minimum Gasteiger partial charge on any atom is -0.481 e. The lowest BCUT2D eigenvalue weighted by molar-refractivity contribution is -0.142. The van der Waals surface area contributed by atoms with Crippen molar-refractivity contribution in [2.75, 3.05) is 13.1 Å². The van der Waals surface area contributed by atoms with Crippen molar-refractivity contribution in [2.24, 2.45) is 0 Å². The van der Waals surface area contributed by atoms with Gasteiger partial charge in [-0.25, -0.2) is 0 Å². The van der Waals surface area contributed by atoms with Crippen molar-refractivity contribution in [3.63, 3.8) is 0 Å². The molecule has 0 bridgehead atoms. The lowest BCUT2D eigenvalue weighted by Gasteiger charge is -2.38. The zero-order chi connectivity index (χ0) is 17.9. The summed E-state index contributed by atoms with van der Waals surface area (Å²) in [6.45, 7) is 2.87. The molecule has 0 spiro atoms. The Hall–Kier alpha value is -3.22. The lowest BCUT2D eigenvalue weighted by Crippen LogP contribution is -2.52. The fraction of sp³-hybridized carbons (Fsp3) is 0.263. The van der Waals surface area contributed by atoms with Crippen molar-refractivity contribution < 1.29 is 14.1 Å². The minimum atomic E-state index is -0.534. The highest BCUT2D eigenvalue weighted by Gasteiger charge is 2.37. The number of para-hydroxylation sites is 1. The Morgan fingerprint density at radius 2 is 1.92 bits per heavy atom. The van der Waals surface area contributed by atoms with Gasteiger partial charge in [-0.3, -0.25) is 9.78 Å². The number of pyridine rings is 1. The van der Waals surface area contributed by atoms with Crippen LogP contribution in [0.2, 0.25) is 0 Å². The monoisotopic (exact) mass is 350 g/mol. The molecule has 1 unspecified atom stereocenters. The van der Waals surface area contributed by atoms with Gasteiger partial charge in [-0.2, -0.15) is 4.98 Å². The molecule has 0 N–H and O–H groups in total. The van der Waals surface area contributed by atoms with E-state index in [9.17, 15) is 4.79 Å². The van der Waals surface area contributed by atoms with Crippen LogP contribution < -0.4 is 4.74 Å². The summed E-state index contributed by atoms with van der Waals surface area (Å²) in [5.41, 5.74) is 0.854. The highest BCUT2D eigenvalue weighted by molar-refractivity contribution is 5.81. The number of amides is 1. The largest absolute Gasteiger partial charge is 0.481 e. The Morgan fingerprint density at radius 1 is 1.19 bits per heavy atom. The first-order valence-corrected chi connectivity index (χ1v) is 8.45. The van der Waals surface area contributed by atoms with Crippen molar-refractivity contribution in [1.29, 1.82) is 0 Å². The maximum Gasteiger partial charge on any atom is 0.263 e. The van der Waals surface area contributed by atoms with Gasteiger partial charge in [-0.15, -0.1) is 0 Å². The number of carbonyl (C=O) groups is 1. The highest BCUT2D eigenvalue weighted by atomic mass is 16.5. The van der Waals surface area contributed by atoms with Gasteiger partial charge in [-0.05, 0) is 31.2 Å². The predicted molar refractivity (Wildman–Crippen MR) is 93.4 cm³/mol. The standard InChI is InChI=1S/C19H18N4O3/c1-13(25-16-5-3-2-4-6-16)19(24)23-11-15(12-23)18-21-17(22-26-18)14-7-9-20-10-8-14/h2-10,13,15H,11-12H2,1H3. The molecule has 3 aromatic rings. The van der Waals surface area contributed by atoms with Crippen LogP contribution in [0.15, 0.2) is 59.4 Å². The molecule has 1 aliphatic heterocycles. The molecular weight excluding hydrogens is 332 g/mol. The number of rotatable bonds is 5. The van der Waals surface area contributed by atoms with Crippen LogP contribution in [0.25, 0.3) is 11.4 Å². The van der Waals surface area contributed by atoms with E-state index in [1.807, 2.05) is 42.5 Å². The van der Waals surface area contributed by atoms with Gasteiger partial charge in [0.05, 0.1) is 5.92 Å². The SMILES string of the molecule is CC(Oc1ccccc1)C(=O)N1CC(c2nc(-c3ccncc3)no2)C1. The number of ether oxygens (including phenoxy) is 1. The van der Waals surface area contributed by atoms with Gasteiger partial charge in [0.25, 0.3) is 5.91 Å². The molecule has 7 heteroatoms. The first-order chi connectivity index (χ1) is 12.7. The number of hydrogen-bond donors (Lipinski definition) is 0. The van der Waals surface area contributed by atoms with Gasteiger partial charge in [0.1, 0.15) is 5.75 Å². The molecule has 1 fully saturated rings. The molecule has 7 nitrogen and oxygen atoms in total. The van der Waals surface area contributed by atoms with Gasteiger partial charge < -0.3 is 14.2 Å². The fourth-order valence-corrected chi connectivity index (χ4v) is 2.84. The second-order valence-corrected chi connectivity index (χ2v) is 6.21. The number of benzene rings is 1. The molecule has 2 aromatic heterocycles. The van der Waals surface area contributed by atoms with Crippen molar-refractivity contribution in [2.45, 2.75) is 18.9 Å². The van der Waals surface area contributed by atoms with E-state index in [2.05, 4.69) is 15.1 Å². The van der Waals surface area contributed by atoms with E-state index in [-0.39, 0.29) is 11.8 Å². The average molecular weight is 350 g/mol. The summed E-state index contributed by atoms with van der Waals surface area (Å²) in [7, 11) is 0. The summed E-state index contributed by atoms with van der Waals surface area (Å²) >= 11 is 0. The minimum absolute atomic E-state index is 0.0426. The third-order valence-electron chi connectivity index (χ3n) is 4.33. The van der Waals surface area contributed by atoms with E-state index in [1.165, 1.54) is 0 Å². The molecule has 1 aliphatic rings. The molecule has 0 saturated carbocycles. The Bertz CT molecular complexity index is 876. The molecule has 1 aromatic carbocycles. The molecule has 132 valence electrons. The lowest BCUT2D eigenvalue weighted by atomic mass is 9.99. The van der Waals surface area contributed by atoms with Crippen LogP contribution in [0.3, 0.4) is 0 Å². The summed E-state index contributed by atoms with van der Waals surface area (Å²) in [5.74, 6) is 1.79. The van der Waals surface area contributed by atoms with Crippen molar-refractivity contribution in [1.82, 2.24) is 20.0 Å². The normalized spacial score (nSPS) is 15.3. The first-order valence-electron chi connectivity index (χ1n) is 8.45. The molecular formula is C19H18N4O3. The second-order valence-electron chi connectivity index (χ2n) is 6.21. The van der Waals surface area contributed by atoms with E-state index >= 15 is 0 Å². The van der Waals surface area contributed by atoms with Gasteiger partial charge in [-0.1, -0.05) is 23.4 Å². The van der Waals surface area contributed by atoms with E-state index in [0.717, 1.165) is 5.56 Å². The van der Waals surface area contributed by atoms with Crippen molar-refractivity contribution >= 4 is 5.91 Å². The third-order valence-corrected chi connectivity index (χ3v) is 4.33. The molecule has 0 radical (unpaired) electrons.